The van der Waals surface area contributed by atoms with E-state index in [1.807, 2.05) is 0 Å². The second kappa shape index (κ2) is 7.33. The second-order valence-electron chi connectivity index (χ2n) is 4.88. The zero-order chi connectivity index (χ0) is 13.5. The summed E-state index contributed by atoms with van der Waals surface area (Å²) in [6, 6.07) is -0.892. The first-order valence-electron chi connectivity index (χ1n) is 6.36. The lowest BCUT2D eigenvalue weighted by Crippen LogP contribution is -2.47. The molecule has 0 heterocycles. The zero-order valence-corrected chi connectivity index (χ0v) is 10.7. The van der Waals surface area contributed by atoms with Crippen molar-refractivity contribution in [3.63, 3.8) is 0 Å². The van der Waals surface area contributed by atoms with E-state index in [0.29, 0.717) is 18.4 Å². The molecule has 0 aromatic rings. The van der Waals surface area contributed by atoms with E-state index in [4.69, 9.17) is 5.11 Å². The summed E-state index contributed by atoms with van der Waals surface area (Å²) in [6.07, 6.45) is 3.22. The van der Waals surface area contributed by atoms with E-state index in [-0.39, 0.29) is 19.1 Å². The number of aliphatic hydroxyl groups is 1. The van der Waals surface area contributed by atoms with E-state index in [2.05, 4.69) is 10.6 Å². The fraction of sp³-hybridized carbons (Fsp3) is 0.833. The first kappa shape index (κ1) is 14.9. The highest BCUT2D eigenvalue weighted by atomic mass is 16.4. The Morgan fingerprint density at radius 1 is 1.33 bits per heavy atom. The maximum atomic E-state index is 10.9. The molecule has 1 aliphatic rings. The lowest BCUT2D eigenvalue weighted by atomic mass is 9.97. The number of aliphatic carboxylic acids is 1. The normalized spacial score (nSPS) is 24.8. The highest BCUT2D eigenvalue weighted by molar-refractivity contribution is 5.82. The van der Waals surface area contributed by atoms with Crippen LogP contribution in [0.4, 0.5) is 0 Å². The van der Waals surface area contributed by atoms with Crippen molar-refractivity contribution in [3.8, 4) is 0 Å². The van der Waals surface area contributed by atoms with Gasteiger partial charge in [-0.3, -0.25) is 4.79 Å². The van der Waals surface area contributed by atoms with Crippen molar-refractivity contribution in [2.75, 3.05) is 19.7 Å². The van der Waals surface area contributed by atoms with Crippen molar-refractivity contribution in [1.29, 1.82) is 0 Å². The van der Waals surface area contributed by atoms with E-state index in [1.54, 1.807) is 0 Å². The minimum absolute atomic E-state index is 0.195. The largest absolute Gasteiger partial charge is 0.480 e. The molecule has 0 aromatic heterocycles. The highest BCUT2D eigenvalue weighted by Gasteiger charge is 2.26. The van der Waals surface area contributed by atoms with Crippen LogP contribution in [0.5, 0.6) is 0 Å². The lowest BCUT2D eigenvalue weighted by Gasteiger charge is -2.20. The number of aliphatic hydroxyl groups excluding tert-OH is 1. The standard InChI is InChI=1S/C12H22N2O4/c1-8(16)14-11(12(17)18)6-13-5-9-3-2-4-10(9)7-15/h9-11,13,15H,2-7H2,1H3,(H,14,16)(H,17,18). The molecule has 3 unspecified atom stereocenters. The summed E-state index contributed by atoms with van der Waals surface area (Å²) < 4.78 is 0. The molecule has 1 fully saturated rings. The molecule has 6 heteroatoms. The summed E-state index contributed by atoms with van der Waals surface area (Å²) >= 11 is 0. The monoisotopic (exact) mass is 258 g/mol. The molecule has 0 aliphatic heterocycles. The van der Waals surface area contributed by atoms with Gasteiger partial charge in [0.05, 0.1) is 0 Å². The summed E-state index contributed by atoms with van der Waals surface area (Å²) in [5.74, 6) is -0.663. The Kier molecular flexibility index (Phi) is 6.07. The molecule has 4 N–H and O–H groups in total. The topological polar surface area (TPSA) is 98.7 Å². The van der Waals surface area contributed by atoms with Gasteiger partial charge in [-0.2, -0.15) is 0 Å². The van der Waals surface area contributed by atoms with Gasteiger partial charge in [0.15, 0.2) is 0 Å². The third kappa shape index (κ3) is 4.62. The van der Waals surface area contributed by atoms with Crippen molar-refractivity contribution in [2.45, 2.75) is 32.2 Å². The molecule has 3 atom stereocenters. The van der Waals surface area contributed by atoms with E-state index in [0.717, 1.165) is 19.3 Å². The van der Waals surface area contributed by atoms with Crippen LogP contribution in [0.3, 0.4) is 0 Å². The van der Waals surface area contributed by atoms with Crippen LogP contribution in [0, 0.1) is 11.8 Å². The van der Waals surface area contributed by atoms with Gasteiger partial charge in [-0.15, -0.1) is 0 Å². The van der Waals surface area contributed by atoms with Crippen molar-refractivity contribution >= 4 is 11.9 Å². The average Bonchev–Trinajstić information content (AvgIpc) is 2.74. The molecule has 18 heavy (non-hydrogen) atoms. The van der Waals surface area contributed by atoms with Gasteiger partial charge in [0.1, 0.15) is 6.04 Å². The molecule has 0 saturated heterocycles. The van der Waals surface area contributed by atoms with E-state index >= 15 is 0 Å². The molecule has 1 amide bonds. The maximum absolute atomic E-state index is 10.9. The molecular formula is C12H22N2O4. The Hall–Kier alpha value is -1.14. The number of carbonyl (C=O) groups is 2. The van der Waals surface area contributed by atoms with E-state index in [1.165, 1.54) is 6.92 Å². The molecule has 0 aromatic carbocycles. The third-order valence-electron chi connectivity index (χ3n) is 3.48. The lowest BCUT2D eigenvalue weighted by molar-refractivity contribution is -0.141. The summed E-state index contributed by atoms with van der Waals surface area (Å²) in [5, 5.41) is 23.5. The number of carboxylic acid groups (broad SMARTS) is 1. The van der Waals surface area contributed by atoms with Crippen LogP contribution < -0.4 is 10.6 Å². The van der Waals surface area contributed by atoms with Gasteiger partial charge in [-0.1, -0.05) is 6.42 Å². The van der Waals surface area contributed by atoms with Crippen LogP contribution >= 0.6 is 0 Å². The summed E-state index contributed by atoms with van der Waals surface area (Å²) in [6.45, 7) is 2.40. The maximum Gasteiger partial charge on any atom is 0.327 e. The van der Waals surface area contributed by atoms with Gasteiger partial charge in [0.25, 0.3) is 0 Å². The fourth-order valence-electron chi connectivity index (χ4n) is 2.48. The van der Waals surface area contributed by atoms with Gasteiger partial charge >= 0.3 is 5.97 Å². The molecular weight excluding hydrogens is 236 g/mol. The summed E-state index contributed by atoms with van der Waals surface area (Å²) in [4.78, 5) is 21.7. The molecule has 1 aliphatic carbocycles. The number of nitrogens with one attached hydrogen (secondary N) is 2. The average molecular weight is 258 g/mol. The van der Waals surface area contributed by atoms with E-state index in [9.17, 15) is 14.7 Å². The van der Waals surface area contributed by atoms with Crippen LogP contribution in [-0.4, -0.2) is 47.8 Å². The van der Waals surface area contributed by atoms with Gasteiger partial charge < -0.3 is 20.8 Å². The number of carbonyl (C=O) groups excluding carboxylic acids is 1. The van der Waals surface area contributed by atoms with Crippen molar-refractivity contribution in [2.24, 2.45) is 11.8 Å². The quantitative estimate of drug-likeness (QED) is 0.497. The second-order valence-corrected chi connectivity index (χ2v) is 4.88. The molecule has 6 nitrogen and oxygen atoms in total. The van der Waals surface area contributed by atoms with Gasteiger partial charge in [0.2, 0.25) is 5.91 Å². The number of carboxylic acids is 1. The molecule has 0 bridgehead atoms. The van der Waals surface area contributed by atoms with E-state index < -0.39 is 12.0 Å². The smallest absolute Gasteiger partial charge is 0.327 e. The van der Waals surface area contributed by atoms with Crippen molar-refractivity contribution < 1.29 is 19.8 Å². The van der Waals surface area contributed by atoms with Gasteiger partial charge in [-0.25, -0.2) is 4.79 Å². The van der Waals surface area contributed by atoms with Crippen LogP contribution in [0.1, 0.15) is 26.2 Å². The number of hydrogen-bond acceptors (Lipinski definition) is 4. The molecule has 0 spiro atoms. The Bertz CT molecular complexity index is 296. The minimum Gasteiger partial charge on any atom is -0.480 e. The number of rotatable bonds is 7. The Balaban J connectivity index is 2.30. The predicted molar refractivity (Wildman–Crippen MR) is 66.0 cm³/mol. The first-order chi connectivity index (χ1) is 8.54. The minimum atomic E-state index is -1.04. The van der Waals surface area contributed by atoms with Crippen LogP contribution in [0.15, 0.2) is 0 Å². The molecule has 104 valence electrons. The summed E-state index contributed by atoms with van der Waals surface area (Å²) in [5.41, 5.74) is 0. The zero-order valence-electron chi connectivity index (χ0n) is 10.7. The van der Waals surface area contributed by atoms with Gasteiger partial charge in [0, 0.05) is 20.1 Å². The number of hydrogen-bond donors (Lipinski definition) is 4. The van der Waals surface area contributed by atoms with Gasteiger partial charge in [-0.05, 0) is 31.2 Å². The Labute approximate surface area is 107 Å². The van der Waals surface area contributed by atoms with Crippen LogP contribution in [-0.2, 0) is 9.59 Å². The Morgan fingerprint density at radius 2 is 2.00 bits per heavy atom. The molecule has 0 radical (unpaired) electrons. The Morgan fingerprint density at radius 3 is 2.56 bits per heavy atom. The summed E-state index contributed by atoms with van der Waals surface area (Å²) in [7, 11) is 0. The van der Waals surface area contributed by atoms with Crippen LogP contribution in [0.2, 0.25) is 0 Å². The number of amides is 1. The van der Waals surface area contributed by atoms with Crippen LogP contribution in [0.25, 0.3) is 0 Å². The first-order valence-corrected chi connectivity index (χ1v) is 6.36. The fourth-order valence-corrected chi connectivity index (χ4v) is 2.48. The molecule has 1 saturated carbocycles. The third-order valence-corrected chi connectivity index (χ3v) is 3.48. The van der Waals surface area contributed by atoms with Crippen molar-refractivity contribution in [3.05, 3.63) is 0 Å². The van der Waals surface area contributed by atoms with Crippen molar-refractivity contribution in [1.82, 2.24) is 10.6 Å². The highest BCUT2D eigenvalue weighted by Crippen LogP contribution is 2.30. The molecule has 1 rings (SSSR count). The SMILES string of the molecule is CC(=O)NC(CNCC1CCCC1CO)C(=O)O. The predicted octanol–water partition coefficient (Wildman–Crippen LogP) is -0.426.